The minimum Gasteiger partial charge on any atom is -0.364 e. The highest BCUT2D eigenvalue weighted by Gasteiger charge is 2.12. The topological polar surface area (TPSA) is 110 Å². The molecule has 0 unspecified atom stereocenters. The lowest BCUT2D eigenvalue weighted by Crippen LogP contribution is -2.19. The lowest BCUT2D eigenvalue weighted by molar-refractivity contribution is -0.385. The maximum absolute atomic E-state index is 11.3. The van der Waals surface area contributed by atoms with Crippen molar-refractivity contribution in [2.24, 2.45) is 0 Å². The molecule has 0 aliphatic heterocycles. The Morgan fingerprint density at radius 2 is 2.00 bits per heavy atom. The van der Waals surface area contributed by atoms with Crippen LogP contribution in [0.25, 0.3) is 0 Å². The van der Waals surface area contributed by atoms with Crippen LogP contribution in [0.2, 0.25) is 0 Å². The first-order chi connectivity index (χ1) is 10.1. The summed E-state index contributed by atoms with van der Waals surface area (Å²) >= 11 is 0. The molecule has 1 amide bonds. The van der Waals surface area contributed by atoms with E-state index >= 15 is 0 Å². The van der Waals surface area contributed by atoms with Gasteiger partial charge in [-0.05, 0) is 12.1 Å². The van der Waals surface area contributed by atoms with Gasteiger partial charge in [0.15, 0.2) is 5.69 Å². The molecular weight excluding hydrogens is 274 g/mol. The molecule has 0 aliphatic rings. The van der Waals surface area contributed by atoms with Gasteiger partial charge in [0.2, 0.25) is 0 Å². The van der Waals surface area contributed by atoms with Crippen LogP contribution >= 0.6 is 0 Å². The minimum absolute atomic E-state index is 0.0416. The fourth-order valence-electron chi connectivity index (χ4n) is 1.70. The molecule has 0 saturated heterocycles. The largest absolute Gasteiger partial charge is 0.364 e. The number of hydrogen-bond acceptors (Lipinski definition) is 6. The van der Waals surface area contributed by atoms with Crippen molar-refractivity contribution in [3.05, 3.63) is 57.8 Å². The Morgan fingerprint density at radius 3 is 2.62 bits per heavy atom. The van der Waals surface area contributed by atoms with Crippen LogP contribution in [0.3, 0.4) is 0 Å². The first-order valence-corrected chi connectivity index (χ1v) is 6.14. The van der Waals surface area contributed by atoms with Crippen LogP contribution in [0.1, 0.15) is 16.1 Å². The molecule has 0 atom stereocenters. The minimum atomic E-state index is -0.433. The number of nitro groups is 1. The number of hydrogen-bond donors (Lipinski definition) is 2. The van der Waals surface area contributed by atoms with E-state index in [1.54, 1.807) is 24.3 Å². The van der Waals surface area contributed by atoms with Crippen LogP contribution in [0.5, 0.6) is 0 Å². The molecule has 0 aliphatic carbocycles. The smallest absolute Gasteiger partial charge is 0.274 e. The van der Waals surface area contributed by atoms with Gasteiger partial charge in [0, 0.05) is 25.2 Å². The van der Waals surface area contributed by atoms with Crippen LogP contribution in [0, 0.1) is 10.1 Å². The third-order valence-corrected chi connectivity index (χ3v) is 2.77. The average molecular weight is 287 g/mol. The third kappa shape index (κ3) is 3.50. The van der Waals surface area contributed by atoms with Crippen LogP contribution in [-0.4, -0.2) is 28.1 Å². The normalized spacial score (nSPS) is 9.95. The molecule has 108 valence electrons. The quantitative estimate of drug-likeness (QED) is 0.634. The molecule has 1 aromatic heterocycles. The molecule has 8 heteroatoms. The van der Waals surface area contributed by atoms with Crippen LogP contribution in [0.15, 0.2) is 36.4 Å². The van der Waals surface area contributed by atoms with E-state index in [1.165, 1.54) is 19.2 Å². The number of nitrogens with zero attached hydrogens (tertiary/aromatic N) is 3. The molecule has 0 saturated carbocycles. The average Bonchev–Trinajstić information content (AvgIpc) is 2.52. The van der Waals surface area contributed by atoms with E-state index in [4.69, 9.17) is 0 Å². The Morgan fingerprint density at radius 1 is 1.24 bits per heavy atom. The third-order valence-electron chi connectivity index (χ3n) is 2.77. The molecular formula is C13H13N5O3. The summed E-state index contributed by atoms with van der Waals surface area (Å²) in [5.41, 5.74) is 0.786. The number of nitro benzene ring substituents is 1. The number of aromatic nitrogens is 2. The summed E-state index contributed by atoms with van der Waals surface area (Å²) in [5.74, 6) is 0.105. The monoisotopic (exact) mass is 287 g/mol. The number of nitrogens with one attached hydrogen (secondary N) is 2. The van der Waals surface area contributed by atoms with Crippen LogP contribution < -0.4 is 10.6 Å². The fraction of sp³-hybridized carbons (Fsp3) is 0.154. The van der Waals surface area contributed by atoms with Gasteiger partial charge in [0.25, 0.3) is 11.6 Å². The molecule has 21 heavy (non-hydrogen) atoms. The predicted octanol–water partition coefficient (Wildman–Crippen LogP) is 1.36. The number of carbonyl (C=O) groups excluding carboxylic acids is 1. The van der Waals surface area contributed by atoms with E-state index in [0.717, 1.165) is 0 Å². The standard InChI is InChI=1S/C13H13N5O3/c1-14-13(19)10-6-7-12(17-16-10)15-8-9-4-2-3-5-11(9)18(20)21/h2-7H,8H2,1H3,(H,14,19)(H,15,17). The van der Waals surface area contributed by atoms with Gasteiger partial charge in [-0.25, -0.2) is 0 Å². The van der Waals surface area contributed by atoms with E-state index in [2.05, 4.69) is 20.8 Å². The number of para-hydroxylation sites is 1. The van der Waals surface area contributed by atoms with E-state index < -0.39 is 4.92 Å². The Hall–Kier alpha value is -3.03. The number of amides is 1. The van der Waals surface area contributed by atoms with E-state index in [1.807, 2.05) is 0 Å². The van der Waals surface area contributed by atoms with Crippen LogP contribution in [0.4, 0.5) is 11.5 Å². The number of rotatable bonds is 5. The number of anilines is 1. The maximum Gasteiger partial charge on any atom is 0.274 e. The highest BCUT2D eigenvalue weighted by Crippen LogP contribution is 2.18. The Labute approximate surface area is 120 Å². The van der Waals surface area contributed by atoms with Crippen molar-refractivity contribution in [2.45, 2.75) is 6.54 Å². The van der Waals surface area contributed by atoms with Crippen molar-refractivity contribution in [1.82, 2.24) is 15.5 Å². The lowest BCUT2D eigenvalue weighted by Gasteiger charge is -2.06. The van der Waals surface area contributed by atoms with Crippen molar-refractivity contribution in [3.8, 4) is 0 Å². The van der Waals surface area contributed by atoms with Gasteiger partial charge < -0.3 is 10.6 Å². The molecule has 0 fully saturated rings. The molecule has 2 aromatic rings. The summed E-state index contributed by atoms with van der Waals surface area (Å²) < 4.78 is 0. The molecule has 2 rings (SSSR count). The van der Waals surface area contributed by atoms with Crippen LogP contribution in [-0.2, 0) is 6.54 Å². The zero-order valence-electron chi connectivity index (χ0n) is 11.2. The van der Waals surface area contributed by atoms with Gasteiger partial charge >= 0.3 is 0 Å². The molecule has 0 bridgehead atoms. The van der Waals surface area contributed by atoms with Crippen molar-refractivity contribution in [3.63, 3.8) is 0 Å². The van der Waals surface area contributed by atoms with E-state index in [-0.39, 0.29) is 23.8 Å². The molecule has 1 heterocycles. The van der Waals surface area contributed by atoms with E-state index in [0.29, 0.717) is 11.4 Å². The first-order valence-electron chi connectivity index (χ1n) is 6.14. The summed E-state index contributed by atoms with van der Waals surface area (Å²) in [4.78, 5) is 21.8. The first kappa shape index (κ1) is 14.4. The number of carbonyl (C=O) groups is 1. The van der Waals surface area contributed by atoms with E-state index in [9.17, 15) is 14.9 Å². The fourth-order valence-corrected chi connectivity index (χ4v) is 1.70. The Kier molecular flexibility index (Phi) is 4.39. The Balaban J connectivity index is 2.07. The zero-order valence-corrected chi connectivity index (χ0v) is 11.2. The summed E-state index contributed by atoms with van der Waals surface area (Å²) in [6, 6.07) is 9.55. The summed E-state index contributed by atoms with van der Waals surface area (Å²) in [6.45, 7) is 0.241. The highest BCUT2D eigenvalue weighted by atomic mass is 16.6. The molecule has 0 radical (unpaired) electrons. The Bertz CT molecular complexity index is 657. The van der Waals surface area contributed by atoms with Crippen molar-refractivity contribution >= 4 is 17.4 Å². The highest BCUT2D eigenvalue weighted by molar-refractivity contribution is 5.91. The van der Waals surface area contributed by atoms with Crippen molar-refractivity contribution < 1.29 is 9.72 Å². The molecule has 0 spiro atoms. The van der Waals surface area contributed by atoms with Gasteiger partial charge in [-0.15, -0.1) is 10.2 Å². The zero-order chi connectivity index (χ0) is 15.2. The van der Waals surface area contributed by atoms with Gasteiger partial charge in [0.05, 0.1) is 4.92 Å². The second-order valence-electron chi connectivity index (χ2n) is 4.12. The maximum atomic E-state index is 11.3. The number of benzene rings is 1. The summed E-state index contributed by atoms with van der Waals surface area (Å²) in [7, 11) is 1.50. The summed E-state index contributed by atoms with van der Waals surface area (Å²) in [6.07, 6.45) is 0. The van der Waals surface area contributed by atoms with Crippen molar-refractivity contribution in [1.29, 1.82) is 0 Å². The predicted molar refractivity (Wildman–Crippen MR) is 75.8 cm³/mol. The molecule has 2 N–H and O–H groups in total. The van der Waals surface area contributed by atoms with Gasteiger partial charge in [0.1, 0.15) is 5.82 Å². The second kappa shape index (κ2) is 6.42. The van der Waals surface area contributed by atoms with Crippen molar-refractivity contribution in [2.75, 3.05) is 12.4 Å². The second-order valence-corrected chi connectivity index (χ2v) is 4.12. The lowest BCUT2D eigenvalue weighted by atomic mass is 10.2. The summed E-state index contributed by atoms with van der Waals surface area (Å²) in [5, 5.41) is 23.9. The van der Waals surface area contributed by atoms with Gasteiger partial charge in [-0.3, -0.25) is 14.9 Å². The van der Waals surface area contributed by atoms with Gasteiger partial charge in [-0.1, -0.05) is 18.2 Å². The SMILES string of the molecule is CNC(=O)c1ccc(NCc2ccccc2[N+](=O)[O-])nn1. The molecule has 8 nitrogen and oxygen atoms in total. The van der Waals surface area contributed by atoms with Gasteiger partial charge in [-0.2, -0.15) is 0 Å². The molecule has 1 aromatic carbocycles.